The molecular formula is C26H55N3O. The number of ether oxygens (including phenoxy) is 1. The normalized spacial score (nSPS) is 21.3. The lowest BCUT2D eigenvalue weighted by Gasteiger charge is -2.26. The lowest BCUT2D eigenvalue weighted by Crippen LogP contribution is -2.36. The van der Waals surface area contributed by atoms with Crippen molar-refractivity contribution in [2.45, 2.75) is 97.8 Å². The first kappa shape index (κ1) is 27.9. The van der Waals surface area contributed by atoms with Crippen molar-refractivity contribution in [2.24, 2.45) is 0 Å². The third-order valence-corrected chi connectivity index (χ3v) is 6.48. The number of hydrogen-bond acceptors (Lipinski definition) is 4. The third kappa shape index (κ3) is 15.6. The van der Waals surface area contributed by atoms with E-state index in [-0.39, 0.29) is 0 Å². The van der Waals surface area contributed by atoms with Crippen LogP contribution in [0.4, 0.5) is 0 Å². The molecule has 3 rings (SSSR count). The van der Waals surface area contributed by atoms with Gasteiger partial charge in [0.2, 0.25) is 0 Å². The second-order valence-electron chi connectivity index (χ2n) is 9.32. The topological polar surface area (TPSA) is 19.0 Å². The highest BCUT2D eigenvalue weighted by Crippen LogP contribution is 2.09. The van der Waals surface area contributed by atoms with E-state index < -0.39 is 0 Å². The zero-order valence-electron chi connectivity index (χ0n) is 21.0. The Labute approximate surface area is 189 Å². The number of morpholine rings is 1. The molecule has 0 N–H and O–H groups in total. The van der Waals surface area contributed by atoms with E-state index in [0.717, 1.165) is 26.3 Å². The van der Waals surface area contributed by atoms with E-state index in [1.807, 2.05) is 0 Å². The van der Waals surface area contributed by atoms with Crippen molar-refractivity contribution in [3.05, 3.63) is 0 Å². The van der Waals surface area contributed by atoms with E-state index >= 15 is 0 Å². The molecule has 0 atom stereocenters. The lowest BCUT2D eigenvalue weighted by molar-refractivity contribution is 0.0373. The van der Waals surface area contributed by atoms with Crippen molar-refractivity contribution < 1.29 is 4.74 Å². The van der Waals surface area contributed by atoms with E-state index in [4.69, 9.17) is 4.74 Å². The van der Waals surface area contributed by atoms with Gasteiger partial charge in [0.1, 0.15) is 0 Å². The van der Waals surface area contributed by atoms with Crippen LogP contribution in [0.2, 0.25) is 0 Å². The molecule has 0 aromatic carbocycles. The van der Waals surface area contributed by atoms with Gasteiger partial charge in [-0.3, -0.25) is 4.90 Å². The predicted octanol–water partition coefficient (Wildman–Crippen LogP) is 5.66. The Balaban J connectivity index is 0.000000225. The van der Waals surface area contributed by atoms with Crippen molar-refractivity contribution >= 4 is 0 Å². The number of hydrogen-bond donors (Lipinski definition) is 0. The van der Waals surface area contributed by atoms with E-state index in [1.54, 1.807) is 0 Å². The van der Waals surface area contributed by atoms with Crippen LogP contribution in [-0.4, -0.2) is 86.8 Å². The highest BCUT2D eigenvalue weighted by atomic mass is 16.5. The zero-order valence-corrected chi connectivity index (χ0v) is 21.0. The van der Waals surface area contributed by atoms with Crippen molar-refractivity contribution in [1.29, 1.82) is 0 Å². The van der Waals surface area contributed by atoms with Gasteiger partial charge in [0, 0.05) is 13.1 Å². The summed E-state index contributed by atoms with van der Waals surface area (Å²) in [6.45, 7) is 20.3. The van der Waals surface area contributed by atoms with Gasteiger partial charge >= 0.3 is 0 Å². The van der Waals surface area contributed by atoms with Crippen LogP contribution in [0.5, 0.6) is 0 Å². The number of likely N-dealkylation sites (tertiary alicyclic amines) is 2. The Bertz CT molecular complexity index is 283. The molecule has 30 heavy (non-hydrogen) atoms. The fourth-order valence-corrected chi connectivity index (χ4v) is 4.34. The molecule has 0 bridgehead atoms. The summed E-state index contributed by atoms with van der Waals surface area (Å²) in [4.78, 5) is 7.69. The van der Waals surface area contributed by atoms with E-state index in [9.17, 15) is 0 Å². The summed E-state index contributed by atoms with van der Waals surface area (Å²) in [6, 6.07) is 0. The number of nitrogens with zero attached hydrogens (tertiary/aromatic N) is 3. The Kier molecular flexibility index (Phi) is 19.3. The van der Waals surface area contributed by atoms with Gasteiger partial charge < -0.3 is 14.5 Å². The first-order valence-electron chi connectivity index (χ1n) is 13.5. The van der Waals surface area contributed by atoms with Crippen molar-refractivity contribution in [3.8, 4) is 0 Å². The number of piperidine rings is 2. The monoisotopic (exact) mass is 425 g/mol. The van der Waals surface area contributed by atoms with Crippen LogP contribution in [0.15, 0.2) is 0 Å². The van der Waals surface area contributed by atoms with Gasteiger partial charge in [0.15, 0.2) is 0 Å². The first-order chi connectivity index (χ1) is 14.8. The SMILES string of the molecule is CCCCN1CCCCC1.CCCCN1CCCCC1.CCCCN1CCOCC1. The highest BCUT2D eigenvalue weighted by Gasteiger charge is 2.09. The zero-order chi connectivity index (χ0) is 21.7. The summed E-state index contributed by atoms with van der Waals surface area (Å²) in [5.74, 6) is 0. The van der Waals surface area contributed by atoms with Crippen LogP contribution in [0.3, 0.4) is 0 Å². The summed E-state index contributed by atoms with van der Waals surface area (Å²) in [7, 11) is 0. The predicted molar refractivity (Wildman–Crippen MR) is 133 cm³/mol. The molecule has 4 heteroatoms. The van der Waals surface area contributed by atoms with Crippen LogP contribution in [-0.2, 0) is 4.74 Å². The molecule has 3 fully saturated rings. The molecule has 3 saturated heterocycles. The van der Waals surface area contributed by atoms with Crippen LogP contribution in [0.1, 0.15) is 97.8 Å². The average Bonchev–Trinajstić information content (AvgIpc) is 2.83. The molecular weight excluding hydrogens is 370 g/mol. The molecule has 0 aromatic rings. The Morgan fingerprint density at radius 2 is 0.800 bits per heavy atom. The van der Waals surface area contributed by atoms with Crippen molar-refractivity contribution in [2.75, 3.05) is 72.1 Å². The molecule has 3 aliphatic rings. The molecule has 0 radical (unpaired) electrons. The smallest absolute Gasteiger partial charge is 0.0594 e. The van der Waals surface area contributed by atoms with Gasteiger partial charge in [-0.15, -0.1) is 0 Å². The molecule has 3 aliphatic heterocycles. The van der Waals surface area contributed by atoms with E-state index in [0.29, 0.717) is 0 Å². The van der Waals surface area contributed by atoms with Gasteiger partial charge in [0.05, 0.1) is 13.2 Å². The van der Waals surface area contributed by atoms with Gasteiger partial charge in [0.25, 0.3) is 0 Å². The lowest BCUT2D eigenvalue weighted by atomic mass is 10.1. The molecule has 0 saturated carbocycles. The van der Waals surface area contributed by atoms with E-state index in [1.165, 1.54) is 123 Å². The molecule has 4 nitrogen and oxygen atoms in total. The minimum absolute atomic E-state index is 0.934. The van der Waals surface area contributed by atoms with Crippen molar-refractivity contribution in [3.63, 3.8) is 0 Å². The van der Waals surface area contributed by atoms with Gasteiger partial charge in [-0.2, -0.15) is 0 Å². The summed E-state index contributed by atoms with van der Waals surface area (Å²) >= 11 is 0. The molecule has 0 amide bonds. The summed E-state index contributed by atoms with van der Waals surface area (Å²) < 4.78 is 5.24. The molecule has 3 heterocycles. The molecule has 0 spiro atoms. The van der Waals surface area contributed by atoms with Gasteiger partial charge in [-0.1, -0.05) is 52.9 Å². The number of rotatable bonds is 9. The minimum atomic E-state index is 0.934. The standard InChI is InChI=1S/2C9H19N.C8H17NO/c2*1-2-3-7-10-8-5-4-6-9-10;1-2-3-4-9-5-7-10-8-6-9/h2*2-9H2,1H3;2-8H2,1H3. The average molecular weight is 426 g/mol. The van der Waals surface area contributed by atoms with E-state index in [2.05, 4.69) is 35.5 Å². The second-order valence-corrected chi connectivity index (χ2v) is 9.32. The maximum absolute atomic E-state index is 5.24. The maximum atomic E-state index is 5.24. The summed E-state index contributed by atoms with van der Waals surface area (Å²) in [6.07, 6.45) is 16.8. The van der Waals surface area contributed by atoms with Crippen molar-refractivity contribution in [1.82, 2.24) is 14.7 Å². The Morgan fingerprint density at radius 3 is 1.13 bits per heavy atom. The Hall–Kier alpha value is -0.160. The largest absolute Gasteiger partial charge is 0.379 e. The number of unbranched alkanes of at least 4 members (excludes halogenated alkanes) is 3. The molecule has 0 aromatic heterocycles. The fraction of sp³-hybridized carbons (Fsp3) is 1.00. The summed E-state index contributed by atoms with van der Waals surface area (Å²) in [5.41, 5.74) is 0. The molecule has 180 valence electrons. The van der Waals surface area contributed by atoms with Crippen LogP contribution < -0.4 is 0 Å². The van der Waals surface area contributed by atoms with Gasteiger partial charge in [-0.05, 0) is 90.8 Å². The van der Waals surface area contributed by atoms with Gasteiger partial charge in [-0.25, -0.2) is 0 Å². The molecule has 0 unspecified atom stereocenters. The summed E-state index contributed by atoms with van der Waals surface area (Å²) in [5, 5.41) is 0. The fourth-order valence-electron chi connectivity index (χ4n) is 4.34. The van der Waals surface area contributed by atoms with Crippen LogP contribution >= 0.6 is 0 Å². The van der Waals surface area contributed by atoms with Crippen LogP contribution in [0.25, 0.3) is 0 Å². The third-order valence-electron chi connectivity index (χ3n) is 6.48. The Morgan fingerprint density at radius 1 is 0.467 bits per heavy atom. The quantitative estimate of drug-likeness (QED) is 0.474. The second kappa shape index (κ2) is 20.7. The minimum Gasteiger partial charge on any atom is -0.379 e. The van der Waals surface area contributed by atoms with Crippen LogP contribution in [0, 0.1) is 0 Å². The molecule has 0 aliphatic carbocycles. The maximum Gasteiger partial charge on any atom is 0.0594 e. The first-order valence-corrected chi connectivity index (χ1v) is 13.5. The highest BCUT2D eigenvalue weighted by molar-refractivity contribution is 4.64.